The summed E-state index contributed by atoms with van der Waals surface area (Å²) in [7, 11) is 0. The Morgan fingerprint density at radius 2 is 1.92 bits per heavy atom. The van der Waals surface area contributed by atoms with Gasteiger partial charge in [-0.15, -0.1) is 0 Å². The first kappa shape index (κ1) is 17.3. The molecular formula is C16H9Cl2F2N3O2. The summed E-state index contributed by atoms with van der Waals surface area (Å²) in [4.78, 5) is 15.8. The molecule has 2 aromatic carbocycles. The van der Waals surface area contributed by atoms with Crippen LogP contribution in [-0.4, -0.2) is 20.7 Å². The van der Waals surface area contributed by atoms with Gasteiger partial charge < -0.3 is 0 Å². The van der Waals surface area contributed by atoms with Gasteiger partial charge in [0.25, 0.3) is 5.91 Å². The van der Waals surface area contributed by atoms with Gasteiger partial charge in [0, 0.05) is 5.56 Å². The molecule has 3 rings (SSSR count). The second-order valence-electron chi connectivity index (χ2n) is 4.95. The highest BCUT2D eigenvalue weighted by Crippen LogP contribution is 2.31. The van der Waals surface area contributed by atoms with Crippen LogP contribution in [0.3, 0.4) is 0 Å². The zero-order chi connectivity index (χ0) is 18.1. The van der Waals surface area contributed by atoms with E-state index in [4.69, 9.17) is 28.4 Å². The number of nitrogens with one attached hydrogen (secondary N) is 1. The molecule has 1 amide bonds. The molecule has 0 atom stereocenters. The monoisotopic (exact) mass is 383 g/mol. The summed E-state index contributed by atoms with van der Waals surface area (Å²) >= 11 is 11.6. The van der Waals surface area contributed by atoms with Crippen LogP contribution in [0.25, 0.3) is 16.9 Å². The lowest BCUT2D eigenvalue weighted by molar-refractivity contribution is 0.0702. The van der Waals surface area contributed by atoms with Crippen LogP contribution in [0.1, 0.15) is 10.5 Å². The minimum absolute atomic E-state index is 0.0208. The molecule has 0 saturated heterocycles. The molecule has 1 aromatic heterocycles. The van der Waals surface area contributed by atoms with E-state index in [1.54, 1.807) is 0 Å². The second-order valence-corrected chi connectivity index (χ2v) is 5.77. The topological polar surface area (TPSA) is 67.2 Å². The average Bonchev–Trinajstić information content (AvgIpc) is 3.03. The van der Waals surface area contributed by atoms with Crippen molar-refractivity contribution in [3.8, 4) is 16.9 Å². The molecular weight excluding hydrogens is 375 g/mol. The van der Waals surface area contributed by atoms with Crippen molar-refractivity contribution in [1.29, 1.82) is 0 Å². The number of carbonyl (C=O) groups excluding carboxylic acids is 1. The Hall–Kier alpha value is -2.48. The summed E-state index contributed by atoms with van der Waals surface area (Å²) in [6.07, 6.45) is 1.19. The maximum absolute atomic E-state index is 14.4. The van der Waals surface area contributed by atoms with Crippen molar-refractivity contribution in [1.82, 2.24) is 15.0 Å². The highest BCUT2D eigenvalue weighted by molar-refractivity contribution is 6.31. The van der Waals surface area contributed by atoms with Crippen molar-refractivity contribution < 1.29 is 18.8 Å². The SMILES string of the molecule is O=C(NO)c1ncn(-c2cccc(Cl)c2F)c1-c1ccc(F)c(Cl)c1. The largest absolute Gasteiger partial charge is 0.295 e. The predicted molar refractivity (Wildman–Crippen MR) is 88.2 cm³/mol. The number of rotatable bonds is 3. The first-order chi connectivity index (χ1) is 11.9. The fraction of sp³-hybridized carbons (Fsp3) is 0. The van der Waals surface area contributed by atoms with Crippen LogP contribution in [0, 0.1) is 11.6 Å². The lowest BCUT2D eigenvalue weighted by Gasteiger charge is -2.12. The third-order valence-corrected chi connectivity index (χ3v) is 4.05. The molecule has 0 radical (unpaired) electrons. The van der Waals surface area contributed by atoms with Gasteiger partial charge >= 0.3 is 0 Å². The summed E-state index contributed by atoms with van der Waals surface area (Å²) in [6, 6.07) is 8.04. The number of amides is 1. The van der Waals surface area contributed by atoms with Crippen LogP contribution >= 0.6 is 23.2 Å². The van der Waals surface area contributed by atoms with Crippen LogP contribution in [0.2, 0.25) is 10.0 Å². The number of halogens is 4. The lowest BCUT2D eigenvalue weighted by atomic mass is 10.1. The molecule has 3 aromatic rings. The van der Waals surface area contributed by atoms with Gasteiger partial charge in [0.1, 0.15) is 12.1 Å². The van der Waals surface area contributed by atoms with Crippen molar-refractivity contribution >= 4 is 29.1 Å². The number of hydrogen-bond acceptors (Lipinski definition) is 3. The summed E-state index contributed by atoms with van der Waals surface area (Å²) in [5.41, 5.74) is 1.68. The van der Waals surface area contributed by atoms with E-state index in [1.165, 1.54) is 46.7 Å². The van der Waals surface area contributed by atoms with Crippen molar-refractivity contribution in [2.45, 2.75) is 0 Å². The molecule has 0 aliphatic heterocycles. The standard InChI is InChI=1S/C16H9Cl2F2N3O2/c17-9-2-1-3-12(13(9)20)23-7-21-14(16(24)22-25)15(23)8-4-5-11(19)10(18)6-8/h1-7,25H,(H,22,24). The zero-order valence-corrected chi connectivity index (χ0v) is 13.8. The maximum Gasteiger partial charge on any atom is 0.295 e. The smallest absolute Gasteiger partial charge is 0.295 e. The van der Waals surface area contributed by atoms with Gasteiger partial charge in [-0.2, -0.15) is 0 Å². The third kappa shape index (κ3) is 3.09. The molecule has 0 aliphatic rings. The number of hydrogen-bond donors (Lipinski definition) is 2. The van der Waals surface area contributed by atoms with Gasteiger partial charge in [0.2, 0.25) is 0 Å². The molecule has 0 aliphatic carbocycles. The van der Waals surface area contributed by atoms with E-state index in [9.17, 15) is 13.6 Å². The van der Waals surface area contributed by atoms with E-state index >= 15 is 0 Å². The Morgan fingerprint density at radius 1 is 1.16 bits per heavy atom. The summed E-state index contributed by atoms with van der Waals surface area (Å²) in [5, 5.41) is 8.60. The zero-order valence-electron chi connectivity index (χ0n) is 12.3. The van der Waals surface area contributed by atoms with E-state index in [-0.39, 0.29) is 27.1 Å². The van der Waals surface area contributed by atoms with Crippen LogP contribution in [-0.2, 0) is 0 Å². The molecule has 0 fully saturated rings. The van der Waals surface area contributed by atoms with Gasteiger partial charge in [0.15, 0.2) is 11.5 Å². The van der Waals surface area contributed by atoms with E-state index < -0.39 is 17.5 Å². The predicted octanol–water partition coefficient (Wildman–Crippen LogP) is 4.24. The van der Waals surface area contributed by atoms with E-state index in [0.717, 1.165) is 6.07 Å². The molecule has 2 N–H and O–H groups in total. The summed E-state index contributed by atoms with van der Waals surface area (Å²) in [6.45, 7) is 0. The molecule has 128 valence electrons. The van der Waals surface area contributed by atoms with Gasteiger partial charge in [-0.3, -0.25) is 14.6 Å². The number of imidazole rings is 1. The highest BCUT2D eigenvalue weighted by Gasteiger charge is 2.22. The van der Waals surface area contributed by atoms with Gasteiger partial charge in [-0.25, -0.2) is 19.2 Å². The van der Waals surface area contributed by atoms with Crippen molar-refractivity contribution in [3.63, 3.8) is 0 Å². The normalized spacial score (nSPS) is 10.8. The molecule has 1 heterocycles. The quantitative estimate of drug-likeness (QED) is 0.524. The summed E-state index contributed by atoms with van der Waals surface area (Å²) < 4.78 is 29.1. The van der Waals surface area contributed by atoms with Gasteiger partial charge in [-0.1, -0.05) is 29.3 Å². The highest BCUT2D eigenvalue weighted by atomic mass is 35.5. The number of nitrogens with zero attached hydrogens (tertiary/aromatic N) is 2. The molecule has 0 saturated carbocycles. The maximum atomic E-state index is 14.4. The van der Waals surface area contributed by atoms with Crippen molar-refractivity contribution in [2.75, 3.05) is 0 Å². The van der Waals surface area contributed by atoms with E-state index in [2.05, 4.69) is 4.98 Å². The minimum atomic E-state index is -0.920. The van der Waals surface area contributed by atoms with Crippen molar-refractivity contribution in [2.24, 2.45) is 0 Å². The fourth-order valence-corrected chi connectivity index (χ4v) is 2.70. The Bertz CT molecular complexity index is 976. The average molecular weight is 384 g/mol. The Labute approximate surface area is 150 Å². The molecule has 5 nitrogen and oxygen atoms in total. The van der Waals surface area contributed by atoms with E-state index in [0.29, 0.717) is 5.56 Å². The van der Waals surface area contributed by atoms with Crippen molar-refractivity contribution in [3.05, 3.63) is 70.1 Å². The number of aromatic nitrogens is 2. The Kier molecular flexibility index (Phi) is 4.71. The van der Waals surface area contributed by atoms with Gasteiger partial charge in [0.05, 0.1) is 21.4 Å². The van der Waals surface area contributed by atoms with E-state index in [1.807, 2.05) is 0 Å². The second kappa shape index (κ2) is 6.79. The summed E-state index contributed by atoms with van der Waals surface area (Å²) in [5.74, 6) is -2.30. The lowest BCUT2D eigenvalue weighted by Crippen LogP contribution is -2.20. The third-order valence-electron chi connectivity index (χ3n) is 3.47. The van der Waals surface area contributed by atoms with Crippen LogP contribution in [0.5, 0.6) is 0 Å². The van der Waals surface area contributed by atoms with Gasteiger partial charge in [-0.05, 0) is 30.3 Å². The minimum Gasteiger partial charge on any atom is -0.295 e. The Morgan fingerprint density at radius 3 is 2.60 bits per heavy atom. The van der Waals surface area contributed by atoms with Crippen LogP contribution in [0.15, 0.2) is 42.7 Å². The first-order valence-corrected chi connectivity index (χ1v) is 7.61. The Balaban J connectivity index is 2.30. The molecule has 25 heavy (non-hydrogen) atoms. The number of carbonyl (C=O) groups is 1. The molecule has 0 bridgehead atoms. The molecule has 0 spiro atoms. The van der Waals surface area contributed by atoms with Crippen LogP contribution in [0.4, 0.5) is 8.78 Å². The number of benzene rings is 2. The fourth-order valence-electron chi connectivity index (χ4n) is 2.35. The molecule has 0 unspecified atom stereocenters. The number of hydroxylamine groups is 1. The molecule has 9 heteroatoms. The van der Waals surface area contributed by atoms with Crippen LogP contribution < -0.4 is 5.48 Å². The first-order valence-electron chi connectivity index (χ1n) is 6.85.